The van der Waals surface area contributed by atoms with E-state index in [0.717, 1.165) is 25.0 Å². The third-order valence-corrected chi connectivity index (χ3v) is 9.91. The fraction of sp³-hybridized carbons (Fsp3) is 0.571. The predicted octanol–water partition coefficient (Wildman–Crippen LogP) is 1.64. The van der Waals surface area contributed by atoms with Crippen LogP contribution in [0.15, 0.2) is 36.8 Å². The highest BCUT2D eigenvalue weighted by atomic mass is 32.2. The van der Waals surface area contributed by atoms with E-state index in [2.05, 4.69) is 27.8 Å². The van der Waals surface area contributed by atoms with Gasteiger partial charge in [-0.05, 0) is 30.2 Å². The number of nitrogens with zero attached hydrogens (tertiary/aromatic N) is 3. The third kappa shape index (κ3) is 2.40. The highest BCUT2D eigenvalue weighted by molar-refractivity contribution is 7.89. The summed E-state index contributed by atoms with van der Waals surface area (Å²) in [7, 11) is -3.26. The number of aromatic nitrogens is 2. The van der Waals surface area contributed by atoms with Gasteiger partial charge in [0.1, 0.15) is 5.25 Å². The molecule has 1 aromatic carbocycles. The molecular weight excluding hydrogens is 390 g/mol. The third-order valence-electron chi connectivity index (χ3n) is 7.71. The van der Waals surface area contributed by atoms with Crippen molar-refractivity contribution >= 4 is 10.0 Å². The number of sulfonamides is 1. The molecule has 154 valence electrons. The summed E-state index contributed by atoms with van der Waals surface area (Å²) in [4.78, 5) is 4.33. The Morgan fingerprint density at radius 2 is 1.93 bits per heavy atom. The van der Waals surface area contributed by atoms with Crippen molar-refractivity contribution < 1.29 is 18.3 Å². The molecule has 3 fully saturated rings. The van der Waals surface area contributed by atoms with Gasteiger partial charge in [-0.1, -0.05) is 24.3 Å². The van der Waals surface area contributed by atoms with Crippen LogP contribution >= 0.6 is 0 Å². The second-order valence-corrected chi connectivity index (χ2v) is 11.2. The van der Waals surface area contributed by atoms with Crippen molar-refractivity contribution in [1.29, 1.82) is 0 Å². The van der Waals surface area contributed by atoms with Crippen LogP contribution in [0.2, 0.25) is 0 Å². The summed E-state index contributed by atoms with van der Waals surface area (Å²) in [6.45, 7) is 1.62. The first kappa shape index (κ1) is 18.1. The molecule has 0 bridgehead atoms. The molecular formula is C21H25N3O4S. The topological polar surface area (TPSA) is 84.7 Å². The van der Waals surface area contributed by atoms with Gasteiger partial charge >= 0.3 is 0 Å². The van der Waals surface area contributed by atoms with Gasteiger partial charge in [-0.3, -0.25) is 0 Å². The van der Waals surface area contributed by atoms with Crippen LogP contribution < -0.4 is 0 Å². The van der Waals surface area contributed by atoms with Crippen molar-refractivity contribution in [3.63, 3.8) is 0 Å². The molecule has 3 aliphatic heterocycles. The van der Waals surface area contributed by atoms with E-state index in [1.165, 1.54) is 11.1 Å². The number of piperidine rings is 1. The van der Waals surface area contributed by atoms with E-state index in [9.17, 15) is 13.5 Å². The van der Waals surface area contributed by atoms with Gasteiger partial charge in [-0.2, -0.15) is 0 Å². The van der Waals surface area contributed by atoms with Gasteiger partial charge in [-0.25, -0.2) is 17.7 Å². The van der Waals surface area contributed by atoms with Gasteiger partial charge in [-0.15, -0.1) is 0 Å². The Labute approximate surface area is 170 Å². The van der Waals surface area contributed by atoms with Crippen molar-refractivity contribution in [2.45, 2.75) is 36.7 Å². The van der Waals surface area contributed by atoms with Crippen LogP contribution in [-0.2, 0) is 14.8 Å². The standard InChI is InChI=1S/C21H25N3O4S/c25-20-17(19-16-4-2-1-3-15(16)18-10-22-13-24(18)19)9-21(20)5-7-23(8-6-21)29(26,27)14-11-28-12-14/h1-4,10,13-14,17,19-20,25H,5-9,11-12H2. The number of hydrogen-bond donors (Lipinski definition) is 1. The number of fused-ring (bicyclic) bond motifs is 3. The summed E-state index contributed by atoms with van der Waals surface area (Å²) in [6, 6.07) is 8.48. The average Bonchev–Trinajstić information content (AvgIpc) is 3.26. The maximum absolute atomic E-state index is 12.7. The van der Waals surface area contributed by atoms with Crippen LogP contribution in [-0.4, -0.2) is 65.0 Å². The zero-order valence-electron chi connectivity index (χ0n) is 16.1. The molecule has 4 aliphatic rings. The first-order chi connectivity index (χ1) is 14.0. The molecule has 0 amide bonds. The molecule has 2 saturated heterocycles. The SMILES string of the molecule is O=S(=O)(C1COC1)N1CCC2(CC1)CC(C1c3ccccc3-c3cncn31)C2O. The molecule has 1 saturated carbocycles. The van der Waals surface area contributed by atoms with Crippen LogP contribution in [0, 0.1) is 11.3 Å². The van der Waals surface area contributed by atoms with Gasteiger partial charge in [0.2, 0.25) is 10.0 Å². The number of benzene rings is 1. The van der Waals surface area contributed by atoms with Crippen LogP contribution in [0.25, 0.3) is 11.3 Å². The van der Waals surface area contributed by atoms with E-state index in [4.69, 9.17) is 4.74 Å². The Morgan fingerprint density at radius 1 is 1.17 bits per heavy atom. The molecule has 6 rings (SSSR count). The lowest BCUT2D eigenvalue weighted by molar-refractivity contribution is -0.152. The summed E-state index contributed by atoms with van der Waals surface area (Å²) in [5.41, 5.74) is 3.41. The minimum atomic E-state index is -3.26. The molecule has 4 heterocycles. The van der Waals surface area contributed by atoms with E-state index >= 15 is 0 Å². The second-order valence-electron chi connectivity index (χ2n) is 9.00. The highest BCUT2D eigenvalue weighted by Crippen LogP contribution is 2.59. The van der Waals surface area contributed by atoms with Crippen LogP contribution in [0.1, 0.15) is 30.9 Å². The number of ether oxygens (including phenoxy) is 1. The first-order valence-electron chi connectivity index (χ1n) is 10.4. The van der Waals surface area contributed by atoms with Crippen molar-refractivity contribution in [2.75, 3.05) is 26.3 Å². The van der Waals surface area contributed by atoms with E-state index in [1.54, 1.807) is 4.31 Å². The summed E-state index contributed by atoms with van der Waals surface area (Å²) in [5, 5.41) is 10.9. The molecule has 1 spiro atoms. The minimum absolute atomic E-state index is 0.109. The smallest absolute Gasteiger partial charge is 0.221 e. The van der Waals surface area contributed by atoms with Crippen molar-refractivity contribution in [3.8, 4) is 11.3 Å². The predicted molar refractivity (Wildman–Crippen MR) is 107 cm³/mol. The molecule has 1 aliphatic carbocycles. The lowest BCUT2D eigenvalue weighted by Gasteiger charge is -2.57. The van der Waals surface area contributed by atoms with E-state index in [-0.39, 0.29) is 22.6 Å². The van der Waals surface area contributed by atoms with Crippen molar-refractivity contribution in [1.82, 2.24) is 13.9 Å². The molecule has 3 atom stereocenters. The van der Waals surface area contributed by atoms with Crippen LogP contribution in [0.5, 0.6) is 0 Å². The lowest BCUT2D eigenvalue weighted by Crippen LogP contribution is -2.61. The Kier molecular flexibility index (Phi) is 3.82. The normalized spacial score (nSPS) is 31.1. The second kappa shape index (κ2) is 6.14. The summed E-state index contributed by atoms with van der Waals surface area (Å²) < 4.78 is 34.2. The zero-order chi connectivity index (χ0) is 19.8. The Morgan fingerprint density at radius 3 is 2.62 bits per heavy atom. The quantitative estimate of drug-likeness (QED) is 0.824. The van der Waals surface area contributed by atoms with Gasteiger partial charge in [0.25, 0.3) is 0 Å². The first-order valence-corrected chi connectivity index (χ1v) is 11.9. The molecule has 3 unspecified atom stereocenters. The fourth-order valence-electron chi connectivity index (χ4n) is 5.87. The monoisotopic (exact) mass is 415 g/mol. The minimum Gasteiger partial charge on any atom is -0.392 e. The Hall–Kier alpha value is -1.74. The summed E-state index contributed by atoms with van der Waals surface area (Å²) in [5.74, 6) is 0.134. The molecule has 1 N–H and O–H groups in total. The molecule has 7 nitrogen and oxygen atoms in total. The van der Waals surface area contributed by atoms with Crippen LogP contribution in [0.4, 0.5) is 0 Å². The highest BCUT2D eigenvalue weighted by Gasteiger charge is 2.58. The van der Waals surface area contributed by atoms with E-state index < -0.39 is 16.1 Å². The van der Waals surface area contributed by atoms with Gasteiger partial charge < -0.3 is 14.4 Å². The Bertz CT molecular complexity index is 1050. The van der Waals surface area contributed by atoms with E-state index in [0.29, 0.717) is 26.3 Å². The molecule has 2 aromatic rings. The number of aliphatic hydroxyl groups excluding tert-OH is 1. The number of aliphatic hydroxyl groups is 1. The Balaban J connectivity index is 1.21. The largest absolute Gasteiger partial charge is 0.392 e. The van der Waals surface area contributed by atoms with Crippen LogP contribution in [0.3, 0.4) is 0 Å². The number of hydrogen-bond acceptors (Lipinski definition) is 5. The van der Waals surface area contributed by atoms with Gasteiger partial charge in [0, 0.05) is 24.6 Å². The number of imidazole rings is 1. The summed E-state index contributed by atoms with van der Waals surface area (Å²) in [6.07, 6.45) is 5.71. The zero-order valence-corrected chi connectivity index (χ0v) is 17.0. The van der Waals surface area contributed by atoms with Crippen molar-refractivity contribution in [2.24, 2.45) is 11.3 Å². The molecule has 29 heavy (non-hydrogen) atoms. The maximum Gasteiger partial charge on any atom is 0.221 e. The lowest BCUT2D eigenvalue weighted by atomic mass is 9.53. The maximum atomic E-state index is 12.7. The van der Waals surface area contributed by atoms with Crippen molar-refractivity contribution in [3.05, 3.63) is 42.4 Å². The summed E-state index contributed by atoms with van der Waals surface area (Å²) >= 11 is 0. The van der Waals surface area contributed by atoms with Gasteiger partial charge in [0.15, 0.2) is 0 Å². The van der Waals surface area contributed by atoms with E-state index in [1.807, 2.05) is 18.6 Å². The van der Waals surface area contributed by atoms with Gasteiger partial charge in [0.05, 0.1) is 43.6 Å². The number of rotatable bonds is 3. The fourth-order valence-corrected chi connectivity index (χ4v) is 7.52. The molecule has 8 heteroatoms. The average molecular weight is 416 g/mol. The molecule has 0 radical (unpaired) electrons. The molecule has 1 aromatic heterocycles.